The normalized spacial score (nSPS) is 10.5. The van der Waals surface area contributed by atoms with Crippen LogP contribution in [0.5, 0.6) is 11.5 Å². The second-order valence-electron chi connectivity index (χ2n) is 5.07. The maximum absolute atomic E-state index is 12.5. The van der Waals surface area contributed by atoms with Crippen molar-refractivity contribution in [3.63, 3.8) is 0 Å². The van der Waals surface area contributed by atoms with Crippen LogP contribution in [0.15, 0.2) is 48.5 Å². The van der Waals surface area contributed by atoms with Crippen LogP contribution in [0, 0.1) is 0 Å². The van der Waals surface area contributed by atoms with E-state index in [1.807, 2.05) is 56.3 Å². The van der Waals surface area contributed by atoms with Crippen LogP contribution in [0.4, 0.5) is 0 Å². The minimum Gasteiger partial charge on any atom is -0.496 e. The molecule has 110 valence electrons. The topological polar surface area (TPSA) is 35.5 Å². The number of ether oxygens (including phenoxy) is 2. The van der Waals surface area contributed by atoms with E-state index in [9.17, 15) is 4.79 Å². The van der Waals surface area contributed by atoms with Gasteiger partial charge in [0.1, 0.15) is 11.5 Å². The second-order valence-corrected chi connectivity index (χ2v) is 5.07. The third-order valence-electron chi connectivity index (χ3n) is 3.09. The van der Waals surface area contributed by atoms with Crippen LogP contribution in [0.1, 0.15) is 29.8 Å². The van der Waals surface area contributed by atoms with E-state index in [4.69, 9.17) is 9.47 Å². The van der Waals surface area contributed by atoms with Crippen LogP contribution in [-0.2, 0) is 6.42 Å². The molecule has 21 heavy (non-hydrogen) atoms. The molecule has 0 saturated carbocycles. The van der Waals surface area contributed by atoms with E-state index in [-0.39, 0.29) is 11.9 Å². The number of methoxy groups -OCH3 is 1. The molecule has 0 unspecified atom stereocenters. The van der Waals surface area contributed by atoms with Gasteiger partial charge in [-0.15, -0.1) is 0 Å². The van der Waals surface area contributed by atoms with Crippen LogP contribution < -0.4 is 9.47 Å². The molecule has 0 amide bonds. The third-order valence-corrected chi connectivity index (χ3v) is 3.09. The van der Waals surface area contributed by atoms with E-state index in [0.29, 0.717) is 17.7 Å². The molecule has 0 aliphatic rings. The van der Waals surface area contributed by atoms with Crippen LogP contribution in [0.25, 0.3) is 0 Å². The SMILES string of the molecule is COc1ccccc1CC(=O)c1ccccc1OC(C)C. The van der Waals surface area contributed by atoms with Crippen molar-refractivity contribution in [2.24, 2.45) is 0 Å². The van der Waals surface area contributed by atoms with Crippen molar-refractivity contribution in [2.75, 3.05) is 7.11 Å². The Bertz CT molecular complexity index is 617. The predicted octanol–water partition coefficient (Wildman–Crippen LogP) is 3.91. The number of ketones is 1. The fourth-order valence-corrected chi connectivity index (χ4v) is 2.17. The Morgan fingerprint density at radius 2 is 1.62 bits per heavy atom. The monoisotopic (exact) mass is 284 g/mol. The summed E-state index contributed by atoms with van der Waals surface area (Å²) in [4.78, 5) is 12.5. The lowest BCUT2D eigenvalue weighted by molar-refractivity contribution is 0.0986. The predicted molar refractivity (Wildman–Crippen MR) is 83.2 cm³/mol. The molecule has 2 rings (SSSR count). The fourth-order valence-electron chi connectivity index (χ4n) is 2.17. The Balaban J connectivity index is 2.24. The smallest absolute Gasteiger partial charge is 0.171 e. The molecule has 0 radical (unpaired) electrons. The summed E-state index contributed by atoms with van der Waals surface area (Å²) in [7, 11) is 1.61. The Hall–Kier alpha value is -2.29. The summed E-state index contributed by atoms with van der Waals surface area (Å²) < 4.78 is 11.0. The summed E-state index contributed by atoms with van der Waals surface area (Å²) in [6.45, 7) is 3.89. The number of Topliss-reactive ketones (excluding diaryl/α,β-unsaturated/α-hetero) is 1. The Labute approximate surface area is 125 Å². The van der Waals surface area contributed by atoms with Gasteiger partial charge in [-0.3, -0.25) is 4.79 Å². The Morgan fingerprint density at radius 3 is 2.29 bits per heavy atom. The number of carbonyl (C=O) groups excluding carboxylic acids is 1. The van der Waals surface area contributed by atoms with Gasteiger partial charge in [0, 0.05) is 12.0 Å². The number of para-hydroxylation sites is 2. The van der Waals surface area contributed by atoms with Crippen LogP contribution >= 0.6 is 0 Å². The second kappa shape index (κ2) is 6.93. The highest BCUT2D eigenvalue weighted by molar-refractivity contribution is 6.00. The molecular weight excluding hydrogens is 264 g/mol. The van der Waals surface area contributed by atoms with Gasteiger partial charge in [0.15, 0.2) is 5.78 Å². The van der Waals surface area contributed by atoms with Crippen molar-refractivity contribution < 1.29 is 14.3 Å². The van der Waals surface area contributed by atoms with Gasteiger partial charge >= 0.3 is 0 Å². The quantitative estimate of drug-likeness (QED) is 0.754. The molecule has 3 nitrogen and oxygen atoms in total. The minimum absolute atomic E-state index is 0.0238. The lowest BCUT2D eigenvalue weighted by Gasteiger charge is -2.14. The summed E-state index contributed by atoms with van der Waals surface area (Å²) in [5.41, 5.74) is 1.49. The summed E-state index contributed by atoms with van der Waals surface area (Å²) in [5, 5.41) is 0. The zero-order chi connectivity index (χ0) is 15.2. The van der Waals surface area contributed by atoms with Crippen LogP contribution in [0.2, 0.25) is 0 Å². The zero-order valence-electron chi connectivity index (χ0n) is 12.6. The summed E-state index contributed by atoms with van der Waals surface area (Å²) in [6.07, 6.45) is 0.327. The van der Waals surface area contributed by atoms with Gasteiger partial charge in [-0.2, -0.15) is 0 Å². The highest BCUT2D eigenvalue weighted by atomic mass is 16.5. The standard InChI is InChI=1S/C18H20O3/c1-13(2)21-18-11-7-5-9-15(18)16(19)12-14-8-4-6-10-17(14)20-3/h4-11,13H,12H2,1-3H3. The molecule has 0 aromatic heterocycles. The molecule has 2 aromatic carbocycles. The van der Waals surface area contributed by atoms with Gasteiger partial charge in [-0.1, -0.05) is 30.3 Å². The van der Waals surface area contributed by atoms with Crippen molar-refractivity contribution >= 4 is 5.78 Å². The number of carbonyl (C=O) groups is 1. The molecule has 0 aliphatic heterocycles. The summed E-state index contributed by atoms with van der Waals surface area (Å²) >= 11 is 0. The van der Waals surface area contributed by atoms with E-state index >= 15 is 0 Å². The first-order chi connectivity index (χ1) is 10.1. The van der Waals surface area contributed by atoms with Gasteiger partial charge in [-0.05, 0) is 32.0 Å². The molecule has 0 N–H and O–H groups in total. The molecule has 0 spiro atoms. The molecule has 0 fully saturated rings. The molecular formula is C18H20O3. The fraction of sp³-hybridized carbons (Fsp3) is 0.278. The van der Waals surface area contributed by atoms with E-state index in [1.165, 1.54) is 0 Å². The summed E-state index contributed by atoms with van der Waals surface area (Å²) in [6, 6.07) is 14.9. The number of benzene rings is 2. The molecule has 0 saturated heterocycles. The van der Waals surface area contributed by atoms with E-state index < -0.39 is 0 Å². The maximum atomic E-state index is 12.5. The van der Waals surface area contributed by atoms with Crippen LogP contribution in [0.3, 0.4) is 0 Å². The lowest BCUT2D eigenvalue weighted by atomic mass is 10.0. The number of hydrogen-bond donors (Lipinski definition) is 0. The molecule has 0 aliphatic carbocycles. The Morgan fingerprint density at radius 1 is 1.00 bits per heavy atom. The van der Waals surface area contributed by atoms with Gasteiger partial charge in [0.25, 0.3) is 0 Å². The van der Waals surface area contributed by atoms with E-state index in [1.54, 1.807) is 13.2 Å². The lowest BCUT2D eigenvalue weighted by Crippen LogP contribution is -2.11. The van der Waals surface area contributed by atoms with Crippen molar-refractivity contribution in [2.45, 2.75) is 26.4 Å². The van der Waals surface area contributed by atoms with Gasteiger partial charge < -0.3 is 9.47 Å². The number of hydrogen-bond acceptors (Lipinski definition) is 3. The molecule has 3 heteroatoms. The Kier molecular flexibility index (Phi) is 4.99. The highest BCUT2D eigenvalue weighted by Crippen LogP contribution is 2.24. The molecule has 0 heterocycles. The first kappa shape index (κ1) is 15.1. The zero-order valence-corrected chi connectivity index (χ0v) is 12.6. The molecule has 0 atom stereocenters. The highest BCUT2D eigenvalue weighted by Gasteiger charge is 2.15. The first-order valence-corrected chi connectivity index (χ1v) is 7.02. The van der Waals surface area contributed by atoms with Crippen molar-refractivity contribution in [3.05, 3.63) is 59.7 Å². The van der Waals surface area contributed by atoms with Gasteiger partial charge in [-0.25, -0.2) is 0 Å². The average Bonchev–Trinajstić information content (AvgIpc) is 2.47. The molecule has 0 bridgehead atoms. The van der Waals surface area contributed by atoms with Crippen molar-refractivity contribution in [1.29, 1.82) is 0 Å². The van der Waals surface area contributed by atoms with Crippen molar-refractivity contribution in [3.8, 4) is 11.5 Å². The van der Waals surface area contributed by atoms with Crippen LogP contribution in [-0.4, -0.2) is 19.0 Å². The largest absolute Gasteiger partial charge is 0.496 e. The van der Waals surface area contributed by atoms with Gasteiger partial charge in [0.2, 0.25) is 0 Å². The average molecular weight is 284 g/mol. The number of rotatable bonds is 6. The van der Waals surface area contributed by atoms with Gasteiger partial charge in [0.05, 0.1) is 18.8 Å². The first-order valence-electron chi connectivity index (χ1n) is 7.02. The molecule has 2 aromatic rings. The minimum atomic E-state index is 0.0238. The third kappa shape index (κ3) is 3.85. The summed E-state index contributed by atoms with van der Waals surface area (Å²) in [5.74, 6) is 1.39. The van der Waals surface area contributed by atoms with E-state index in [0.717, 1.165) is 11.3 Å². The van der Waals surface area contributed by atoms with Crippen molar-refractivity contribution in [1.82, 2.24) is 0 Å². The maximum Gasteiger partial charge on any atom is 0.171 e. The van der Waals surface area contributed by atoms with E-state index in [2.05, 4.69) is 0 Å².